The highest BCUT2D eigenvalue weighted by atomic mass is 32.2. The van der Waals surface area contributed by atoms with E-state index in [0.717, 1.165) is 11.8 Å². The van der Waals surface area contributed by atoms with Gasteiger partial charge >= 0.3 is 6.18 Å². The Labute approximate surface area is 129 Å². The molecule has 0 atom stereocenters. The molecule has 22 heavy (non-hydrogen) atoms. The smallest absolute Gasteiger partial charge is 0.305 e. The topological polar surface area (TPSA) is 54.9 Å². The molecule has 8 heteroatoms. The van der Waals surface area contributed by atoms with E-state index < -0.39 is 17.8 Å². The maximum Gasteiger partial charge on any atom is 0.433 e. The van der Waals surface area contributed by atoms with Crippen molar-refractivity contribution in [3.63, 3.8) is 0 Å². The highest BCUT2D eigenvalue weighted by Crippen LogP contribution is 2.28. The van der Waals surface area contributed by atoms with Gasteiger partial charge in [-0.3, -0.25) is 4.79 Å². The van der Waals surface area contributed by atoms with Gasteiger partial charge in [-0.05, 0) is 30.0 Å². The van der Waals surface area contributed by atoms with E-state index in [1.165, 1.54) is 30.1 Å². The van der Waals surface area contributed by atoms with Crippen molar-refractivity contribution < 1.29 is 18.0 Å². The molecule has 0 unspecified atom stereocenters. The molecule has 0 radical (unpaired) electrons. The predicted molar refractivity (Wildman–Crippen MR) is 77.8 cm³/mol. The molecule has 2 heterocycles. The number of hydrogen-bond acceptors (Lipinski definition) is 4. The number of pyridine rings is 2. The van der Waals surface area contributed by atoms with Crippen LogP contribution in [0.1, 0.15) is 23.1 Å². The summed E-state index contributed by atoms with van der Waals surface area (Å²) in [5.41, 5.74) is -0.900. The third-order valence-corrected chi connectivity index (χ3v) is 3.50. The first-order chi connectivity index (χ1) is 10.4. The van der Waals surface area contributed by atoms with E-state index in [9.17, 15) is 18.0 Å². The second-order valence-electron chi connectivity index (χ2n) is 4.14. The zero-order chi connectivity index (χ0) is 16.2. The molecule has 2 aromatic heterocycles. The van der Waals surface area contributed by atoms with Gasteiger partial charge in [0.05, 0.1) is 0 Å². The molecule has 1 amide bonds. The van der Waals surface area contributed by atoms with Crippen molar-refractivity contribution in [1.29, 1.82) is 0 Å². The largest absolute Gasteiger partial charge is 0.433 e. The summed E-state index contributed by atoms with van der Waals surface area (Å²) in [6.45, 7) is 1.92. The Bertz CT molecular complexity index is 676. The lowest BCUT2D eigenvalue weighted by Crippen LogP contribution is -2.17. The van der Waals surface area contributed by atoms with Crippen LogP contribution in [0.25, 0.3) is 0 Å². The molecule has 116 valence electrons. The van der Waals surface area contributed by atoms with Gasteiger partial charge in [0.1, 0.15) is 17.2 Å². The summed E-state index contributed by atoms with van der Waals surface area (Å²) >= 11 is 1.42. The minimum Gasteiger partial charge on any atom is -0.305 e. The van der Waals surface area contributed by atoms with Gasteiger partial charge in [-0.25, -0.2) is 9.97 Å². The first-order valence-corrected chi connectivity index (χ1v) is 7.33. The van der Waals surface area contributed by atoms with Gasteiger partial charge in [-0.1, -0.05) is 13.0 Å². The Morgan fingerprint density at radius 3 is 2.73 bits per heavy atom. The molecule has 0 saturated carbocycles. The molecule has 4 nitrogen and oxygen atoms in total. The Morgan fingerprint density at radius 1 is 1.27 bits per heavy atom. The van der Waals surface area contributed by atoms with Gasteiger partial charge in [0.25, 0.3) is 5.91 Å². The van der Waals surface area contributed by atoms with E-state index >= 15 is 0 Å². The Morgan fingerprint density at radius 2 is 2.05 bits per heavy atom. The Kier molecular flexibility index (Phi) is 5.02. The second kappa shape index (κ2) is 6.78. The van der Waals surface area contributed by atoms with Crippen LogP contribution >= 0.6 is 11.8 Å². The van der Waals surface area contributed by atoms with Crippen LogP contribution in [-0.2, 0) is 6.18 Å². The van der Waals surface area contributed by atoms with Crippen molar-refractivity contribution in [3.05, 3.63) is 47.9 Å². The SMILES string of the molecule is CCSc1cccnc1C(=O)Nc1cccc(C(F)(F)F)n1. The fourth-order valence-electron chi connectivity index (χ4n) is 1.67. The molecule has 2 aromatic rings. The fraction of sp³-hybridized carbons (Fsp3) is 0.214. The first-order valence-electron chi connectivity index (χ1n) is 6.35. The number of thioether (sulfide) groups is 1. The molecular formula is C14H12F3N3OS. The van der Waals surface area contributed by atoms with Crippen LogP contribution in [0.3, 0.4) is 0 Å². The quantitative estimate of drug-likeness (QED) is 0.867. The van der Waals surface area contributed by atoms with Crippen molar-refractivity contribution in [3.8, 4) is 0 Å². The average molecular weight is 327 g/mol. The van der Waals surface area contributed by atoms with Gasteiger partial charge < -0.3 is 5.32 Å². The monoisotopic (exact) mass is 327 g/mol. The first kappa shape index (κ1) is 16.3. The summed E-state index contributed by atoms with van der Waals surface area (Å²) in [5.74, 6) is -0.0189. The van der Waals surface area contributed by atoms with Crippen molar-refractivity contribution in [2.24, 2.45) is 0 Å². The molecule has 2 rings (SSSR count). The molecule has 0 spiro atoms. The maximum atomic E-state index is 12.6. The Hall–Kier alpha value is -2.09. The number of rotatable bonds is 4. The van der Waals surface area contributed by atoms with Crippen LogP contribution in [0.2, 0.25) is 0 Å². The predicted octanol–water partition coefficient (Wildman–Crippen LogP) is 3.86. The summed E-state index contributed by atoms with van der Waals surface area (Å²) in [6.07, 6.45) is -3.11. The van der Waals surface area contributed by atoms with Crippen LogP contribution in [0.4, 0.5) is 19.0 Å². The summed E-state index contributed by atoms with van der Waals surface area (Å²) in [5, 5.41) is 2.34. The van der Waals surface area contributed by atoms with Crippen LogP contribution in [0.5, 0.6) is 0 Å². The van der Waals surface area contributed by atoms with E-state index in [0.29, 0.717) is 4.90 Å². The Balaban J connectivity index is 2.23. The van der Waals surface area contributed by atoms with Crippen molar-refractivity contribution >= 4 is 23.5 Å². The van der Waals surface area contributed by atoms with Gasteiger partial charge in [0.15, 0.2) is 0 Å². The average Bonchev–Trinajstić information content (AvgIpc) is 2.47. The number of hydrogen-bond donors (Lipinski definition) is 1. The zero-order valence-electron chi connectivity index (χ0n) is 11.5. The van der Waals surface area contributed by atoms with Crippen LogP contribution in [0, 0.1) is 0 Å². The zero-order valence-corrected chi connectivity index (χ0v) is 12.3. The van der Waals surface area contributed by atoms with Gasteiger partial charge in [-0.15, -0.1) is 11.8 Å². The minimum atomic E-state index is -4.56. The molecule has 0 aromatic carbocycles. The molecule has 0 fully saturated rings. The van der Waals surface area contributed by atoms with Crippen molar-refractivity contribution in [2.45, 2.75) is 18.0 Å². The lowest BCUT2D eigenvalue weighted by Gasteiger charge is -2.10. The van der Waals surface area contributed by atoms with Gasteiger partial charge in [0.2, 0.25) is 0 Å². The molecular weight excluding hydrogens is 315 g/mol. The lowest BCUT2D eigenvalue weighted by molar-refractivity contribution is -0.141. The van der Waals surface area contributed by atoms with E-state index in [4.69, 9.17) is 0 Å². The third-order valence-electron chi connectivity index (χ3n) is 2.57. The number of nitrogens with one attached hydrogen (secondary N) is 1. The van der Waals surface area contributed by atoms with E-state index in [-0.39, 0.29) is 11.5 Å². The summed E-state index contributed by atoms with van der Waals surface area (Å²) in [4.78, 5) is 20.2. The number of amides is 1. The molecule has 0 aliphatic rings. The maximum absolute atomic E-state index is 12.6. The molecule has 0 bridgehead atoms. The molecule has 0 saturated heterocycles. The van der Waals surface area contributed by atoms with Crippen LogP contribution < -0.4 is 5.32 Å². The normalized spacial score (nSPS) is 11.3. The fourth-order valence-corrected chi connectivity index (χ4v) is 2.44. The summed E-state index contributed by atoms with van der Waals surface area (Å²) < 4.78 is 37.8. The van der Waals surface area contributed by atoms with E-state index in [1.807, 2.05) is 6.92 Å². The standard InChI is InChI=1S/C14H12F3N3OS/c1-2-22-9-5-4-8-18-12(9)13(21)20-11-7-3-6-10(19-11)14(15,16)17/h3-8H,2H2,1H3,(H,19,20,21). The molecule has 1 N–H and O–H groups in total. The highest BCUT2D eigenvalue weighted by Gasteiger charge is 2.32. The van der Waals surface area contributed by atoms with Crippen LogP contribution in [-0.4, -0.2) is 21.6 Å². The lowest BCUT2D eigenvalue weighted by atomic mass is 10.3. The number of carbonyl (C=O) groups excluding carboxylic acids is 1. The number of aromatic nitrogens is 2. The summed E-state index contributed by atoms with van der Waals surface area (Å²) in [6, 6.07) is 6.75. The van der Waals surface area contributed by atoms with Gasteiger partial charge in [-0.2, -0.15) is 13.2 Å². The number of alkyl halides is 3. The van der Waals surface area contributed by atoms with Crippen molar-refractivity contribution in [2.75, 3.05) is 11.1 Å². The molecule has 0 aliphatic carbocycles. The highest BCUT2D eigenvalue weighted by molar-refractivity contribution is 7.99. The number of carbonyl (C=O) groups is 1. The summed E-state index contributed by atoms with van der Waals surface area (Å²) in [7, 11) is 0. The van der Waals surface area contributed by atoms with Gasteiger partial charge in [0, 0.05) is 11.1 Å². The van der Waals surface area contributed by atoms with Crippen LogP contribution in [0.15, 0.2) is 41.4 Å². The number of nitrogens with zero attached hydrogens (tertiary/aromatic N) is 2. The van der Waals surface area contributed by atoms with Crippen molar-refractivity contribution in [1.82, 2.24) is 9.97 Å². The third kappa shape index (κ3) is 3.97. The van der Waals surface area contributed by atoms with E-state index in [1.54, 1.807) is 12.1 Å². The van der Waals surface area contributed by atoms with E-state index in [2.05, 4.69) is 15.3 Å². The second-order valence-corrected chi connectivity index (χ2v) is 5.45. The number of anilines is 1. The number of halogens is 3. The minimum absolute atomic E-state index is 0.161. The molecule has 0 aliphatic heterocycles.